The summed E-state index contributed by atoms with van der Waals surface area (Å²) in [5.74, 6) is 0.0740. The van der Waals surface area contributed by atoms with Crippen LogP contribution in [0.15, 0.2) is 48.5 Å². The molecule has 0 unspecified atom stereocenters. The van der Waals surface area contributed by atoms with Gasteiger partial charge in [0, 0.05) is 25.6 Å². The van der Waals surface area contributed by atoms with Crippen LogP contribution in [0.3, 0.4) is 0 Å². The monoisotopic (exact) mass is 456 g/mol. The van der Waals surface area contributed by atoms with Crippen LogP contribution in [0.1, 0.15) is 23.5 Å². The van der Waals surface area contributed by atoms with Gasteiger partial charge in [0.05, 0.1) is 33.0 Å². The number of nitrogens with one attached hydrogen (secondary N) is 1. The molecule has 2 aromatic rings. The Morgan fingerprint density at radius 1 is 0.818 bits per heavy atom. The number of nitrogens with zero attached hydrogens (tertiary/aromatic N) is 1. The maximum absolute atomic E-state index is 12.1. The lowest BCUT2D eigenvalue weighted by atomic mass is 9.98. The van der Waals surface area contributed by atoms with Gasteiger partial charge in [-0.25, -0.2) is 4.79 Å². The SMILES string of the molecule is CN(C)CCOCCOCCOCCCNC(=O)OCC1c2ccccc2-c2ccccc21. The maximum Gasteiger partial charge on any atom is 0.407 e. The van der Waals surface area contributed by atoms with Crippen LogP contribution in [0, 0.1) is 0 Å². The van der Waals surface area contributed by atoms with Crippen molar-refractivity contribution in [2.24, 2.45) is 0 Å². The minimum absolute atomic E-state index is 0.0740. The smallest absolute Gasteiger partial charge is 0.407 e. The fourth-order valence-electron chi connectivity index (χ4n) is 3.80. The van der Waals surface area contributed by atoms with E-state index in [0.29, 0.717) is 52.8 Å². The lowest BCUT2D eigenvalue weighted by Crippen LogP contribution is -2.27. The number of rotatable bonds is 15. The van der Waals surface area contributed by atoms with E-state index < -0.39 is 6.09 Å². The van der Waals surface area contributed by atoms with E-state index in [0.717, 1.165) is 13.0 Å². The molecular formula is C26H36N2O5. The Balaban J connectivity index is 1.21. The first-order valence-electron chi connectivity index (χ1n) is 11.6. The molecule has 180 valence electrons. The summed E-state index contributed by atoms with van der Waals surface area (Å²) in [5, 5.41) is 2.80. The van der Waals surface area contributed by atoms with Gasteiger partial charge >= 0.3 is 6.09 Å². The van der Waals surface area contributed by atoms with Gasteiger partial charge in [0.15, 0.2) is 0 Å². The topological polar surface area (TPSA) is 69.3 Å². The predicted molar refractivity (Wildman–Crippen MR) is 129 cm³/mol. The first-order valence-corrected chi connectivity index (χ1v) is 11.6. The molecule has 0 bridgehead atoms. The fourth-order valence-corrected chi connectivity index (χ4v) is 3.80. The fraction of sp³-hybridized carbons (Fsp3) is 0.500. The van der Waals surface area contributed by atoms with Gasteiger partial charge in [0.25, 0.3) is 0 Å². The number of likely N-dealkylation sites (N-methyl/N-ethyl adjacent to an activating group) is 1. The Hall–Kier alpha value is -2.45. The van der Waals surface area contributed by atoms with Crippen LogP contribution < -0.4 is 5.32 Å². The molecule has 0 heterocycles. The molecule has 0 radical (unpaired) electrons. The molecule has 0 aromatic heterocycles. The number of carbonyl (C=O) groups is 1. The summed E-state index contributed by atoms with van der Waals surface area (Å²) in [7, 11) is 4.04. The van der Waals surface area contributed by atoms with Crippen molar-refractivity contribution in [2.45, 2.75) is 12.3 Å². The Morgan fingerprint density at radius 3 is 1.97 bits per heavy atom. The number of amides is 1. The van der Waals surface area contributed by atoms with E-state index >= 15 is 0 Å². The van der Waals surface area contributed by atoms with Gasteiger partial charge in [0.1, 0.15) is 6.61 Å². The first-order chi connectivity index (χ1) is 16.2. The lowest BCUT2D eigenvalue weighted by Gasteiger charge is -2.14. The highest BCUT2D eigenvalue weighted by Crippen LogP contribution is 2.44. The molecule has 1 aliphatic rings. The zero-order valence-electron chi connectivity index (χ0n) is 19.8. The molecule has 0 saturated heterocycles. The molecular weight excluding hydrogens is 420 g/mol. The molecule has 7 nitrogen and oxygen atoms in total. The van der Waals surface area contributed by atoms with Gasteiger partial charge in [-0.3, -0.25) is 0 Å². The number of alkyl carbamates (subject to hydrolysis) is 1. The Morgan fingerprint density at radius 2 is 1.36 bits per heavy atom. The summed E-state index contributed by atoms with van der Waals surface area (Å²) in [4.78, 5) is 14.2. The van der Waals surface area contributed by atoms with Gasteiger partial charge in [-0.15, -0.1) is 0 Å². The molecule has 1 N–H and O–H groups in total. The van der Waals surface area contributed by atoms with Crippen molar-refractivity contribution in [1.29, 1.82) is 0 Å². The van der Waals surface area contributed by atoms with Crippen molar-refractivity contribution in [3.05, 3.63) is 59.7 Å². The van der Waals surface area contributed by atoms with Crippen LogP contribution in [0.2, 0.25) is 0 Å². The van der Waals surface area contributed by atoms with Crippen LogP contribution in [0.4, 0.5) is 4.79 Å². The molecule has 7 heteroatoms. The first kappa shape index (κ1) is 25.2. The number of fused-ring (bicyclic) bond motifs is 3. The van der Waals surface area contributed by atoms with Gasteiger partial charge in [-0.2, -0.15) is 0 Å². The molecule has 1 aliphatic carbocycles. The second-order valence-corrected chi connectivity index (χ2v) is 8.25. The second kappa shape index (κ2) is 14.0. The van der Waals surface area contributed by atoms with E-state index in [1.54, 1.807) is 0 Å². The van der Waals surface area contributed by atoms with Crippen LogP contribution in [0.25, 0.3) is 11.1 Å². The standard InChI is InChI=1S/C26H36N2O5/c1-28(2)13-15-31-17-19-32-18-16-30-14-7-12-27-26(29)33-20-25-23-10-5-3-8-21(23)22-9-4-6-11-24(22)25/h3-6,8-11,25H,7,12-20H2,1-2H3,(H,27,29). The van der Waals surface area contributed by atoms with Gasteiger partial charge in [-0.05, 0) is 42.8 Å². The summed E-state index contributed by atoms with van der Waals surface area (Å²) in [6.07, 6.45) is 0.326. The molecule has 0 saturated carbocycles. The van der Waals surface area contributed by atoms with E-state index in [-0.39, 0.29) is 5.92 Å². The number of hydrogen-bond donors (Lipinski definition) is 1. The zero-order valence-corrected chi connectivity index (χ0v) is 19.8. The largest absolute Gasteiger partial charge is 0.449 e. The number of ether oxygens (including phenoxy) is 4. The molecule has 0 atom stereocenters. The Kier molecular flexibility index (Phi) is 10.6. The quantitative estimate of drug-likeness (QED) is 0.414. The van der Waals surface area contributed by atoms with Crippen molar-refractivity contribution < 1.29 is 23.7 Å². The van der Waals surface area contributed by atoms with Crippen molar-refractivity contribution in [3.63, 3.8) is 0 Å². The summed E-state index contributed by atoms with van der Waals surface area (Å²) in [6, 6.07) is 16.6. The minimum Gasteiger partial charge on any atom is -0.449 e. The van der Waals surface area contributed by atoms with Crippen molar-refractivity contribution in [1.82, 2.24) is 10.2 Å². The molecule has 2 aromatic carbocycles. The van der Waals surface area contributed by atoms with Crippen LogP contribution in [0.5, 0.6) is 0 Å². The third-order valence-corrected chi connectivity index (χ3v) is 5.51. The molecule has 0 spiro atoms. The van der Waals surface area contributed by atoms with E-state index in [9.17, 15) is 4.79 Å². The van der Waals surface area contributed by atoms with E-state index in [4.69, 9.17) is 18.9 Å². The van der Waals surface area contributed by atoms with Crippen LogP contribution in [-0.2, 0) is 18.9 Å². The van der Waals surface area contributed by atoms with Crippen LogP contribution >= 0.6 is 0 Å². The highest BCUT2D eigenvalue weighted by Gasteiger charge is 2.28. The maximum atomic E-state index is 12.1. The second-order valence-electron chi connectivity index (χ2n) is 8.25. The minimum atomic E-state index is -0.394. The summed E-state index contributed by atoms with van der Waals surface area (Å²) in [6.45, 7) is 5.25. The van der Waals surface area contributed by atoms with Crippen molar-refractivity contribution >= 4 is 6.09 Å². The zero-order chi connectivity index (χ0) is 23.3. The number of carbonyl (C=O) groups excluding carboxylic acids is 1. The van der Waals surface area contributed by atoms with E-state index in [1.807, 2.05) is 38.4 Å². The molecule has 0 aliphatic heterocycles. The molecule has 33 heavy (non-hydrogen) atoms. The summed E-state index contributed by atoms with van der Waals surface area (Å²) >= 11 is 0. The third-order valence-electron chi connectivity index (χ3n) is 5.51. The van der Waals surface area contributed by atoms with Gasteiger partial charge in [0.2, 0.25) is 0 Å². The highest BCUT2D eigenvalue weighted by atomic mass is 16.6. The number of benzene rings is 2. The predicted octanol–water partition coefficient (Wildman–Crippen LogP) is 3.53. The van der Waals surface area contributed by atoms with Crippen LogP contribution in [-0.4, -0.2) is 84.4 Å². The lowest BCUT2D eigenvalue weighted by molar-refractivity contribution is 0.0120. The molecule has 1 amide bonds. The third kappa shape index (κ3) is 8.12. The normalized spacial score (nSPS) is 12.6. The van der Waals surface area contributed by atoms with Gasteiger partial charge in [-0.1, -0.05) is 48.5 Å². The summed E-state index contributed by atoms with van der Waals surface area (Å²) < 4.78 is 22.0. The number of hydrogen-bond acceptors (Lipinski definition) is 6. The Labute approximate surface area is 197 Å². The highest BCUT2D eigenvalue weighted by molar-refractivity contribution is 5.79. The van der Waals surface area contributed by atoms with E-state index in [2.05, 4.69) is 34.5 Å². The van der Waals surface area contributed by atoms with Gasteiger partial charge < -0.3 is 29.2 Å². The average Bonchev–Trinajstić information content (AvgIpc) is 3.14. The summed E-state index contributed by atoms with van der Waals surface area (Å²) in [5.41, 5.74) is 4.87. The Bertz CT molecular complexity index is 813. The molecule has 0 fully saturated rings. The molecule has 3 rings (SSSR count). The van der Waals surface area contributed by atoms with Crippen molar-refractivity contribution in [2.75, 3.05) is 73.4 Å². The van der Waals surface area contributed by atoms with E-state index in [1.165, 1.54) is 22.3 Å². The average molecular weight is 457 g/mol. The van der Waals surface area contributed by atoms with Crippen molar-refractivity contribution in [3.8, 4) is 11.1 Å².